The highest BCUT2D eigenvalue weighted by atomic mass is 16.4. The number of nitrogens with zero attached hydrogens (tertiary/aromatic N) is 2. The van der Waals surface area contributed by atoms with Crippen LogP contribution in [0.3, 0.4) is 0 Å². The van der Waals surface area contributed by atoms with Crippen molar-refractivity contribution in [2.45, 2.75) is 0 Å². The molecule has 0 saturated heterocycles. The molecule has 0 N–H and O–H groups in total. The zero-order chi connectivity index (χ0) is 30.9. The van der Waals surface area contributed by atoms with Crippen LogP contribution < -0.4 is 0 Å². The van der Waals surface area contributed by atoms with Crippen LogP contribution in [-0.4, -0.2) is 9.55 Å². The Kier molecular flexibility index (Phi) is 5.54. The molecule has 0 bridgehead atoms. The van der Waals surface area contributed by atoms with E-state index in [0.29, 0.717) is 5.89 Å². The maximum atomic E-state index is 6.40. The lowest BCUT2D eigenvalue weighted by Gasteiger charge is -2.10. The third kappa shape index (κ3) is 4.12. The zero-order valence-electron chi connectivity index (χ0n) is 25.2. The minimum absolute atomic E-state index is 0.581. The number of hydrogen-bond acceptors (Lipinski definition) is 3. The third-order valence-corrected chi connectivity index (χ3v) is 9.22. The first kappa shape index (κ1) is 25.9. The van der Waals surface area contributed by atoms with Gasteiger partial charge in [-0.25, -0.2) is 4.98 Å². The molecule has 0 radical (unpaired) electrons. The van der Waals surface area contributed by atoms with Crippen LogP contribution >= 0.6 is 0 Å². The van der Waals surface area contributed by atoms with E-state index in [-0.39, 0.29) is 0 Å². The van der Waals surface area contributed by atoms with Gasteiger partial charge in [0.05, 0.1) is 11.0 Å². The molecule has 47 heavy (non-hydrogen) atoms. The molecular weight excluding hydrogens is 576 g/mol. The molecule has 3 aromatic heterocycles. The van der Waals surface area contributed by atoms with Crippen LogP contribution in [0.4, 0.5) is 0 Å². The Morgan fingerprint density at radius 3 is 1.72 bits per heavy atom. The van der Waals surface area contributed by atoms with Crippen LogP contribution in [0.25, 0.3) is 94.2 Å². The number of hydrogen-bond donors (Lipinski definition) is 0. The summed E-state index contributed by atoms with van der Waals surface area (Å²) in [5.74, 6) is 0.581. The van der Waals surface area contributed by atoms with Gasteiger partial charge in [-0.15, -0.1) is 0 Å². The Morgan fingerprint density at radius 1 is 0.383 bits per heavy atom. The summed E-state index contributed by atoms with van der Waals surface area (Å²) in [6, 6.07) is 55.2. The minimum atomic E-state index is 0.581. The second kappa shape index (κ2) is 10.1. The summed E-state index contributed by atoms with van der Waals surface area (Å²) >= 11 is 0. The third-order valence-electron chi connectivity index (χ3n) is 9.22. The lowest BCUT2D eigenvalue weighted by Crippen LogP contribution is -1.94. The molecule has 4 heteroatoms. The van der Waals surface area contributed by atoms with E-state index in [1.807, 2.05) is 30.3 Å². The fourth-order valence-electron chi connectivity index (χ4n) is 6.97. The lowest BCUT2D eigenvalue weighted by atomic mass is 10.0. The van der Waals surface area contributed by atoms with Crippen LogP contribution in [0.2, 0.25) is 0 Å². The molecule has 0 atom stereocenters. The summed E-state index contributed by atoms with van der Waals surface area (Å²) < 4.78 is 14.9. The van der Waals surface area contributed by atoms with Crippen LogP contribution in [0.1, 0.15) is 0 Å². The van der Waals surface area contributed by atoms with E-state index >= 15 is 0 Å². The summed E-state index contributed by atoms with van der Waals surface area (Å²) in [7, 11) is 0. The zero-order valence-corrected chi connectivity index (χ0v) is 25.2. The number of oxazole rings is 1. The number of para-hydroxylation sites is 1. The van der Waals surface area contributed by atoms with Gasteiger partial charge in [0, 0.05) is 38.9 Å². The minimum Gasteiger partial charge on any atom is -0.456 e. The van der Waals surface area contributed by atoms with Crippen molar-refractivity contribution in [3.8, 4) is 39.4 Å². The first-order chi connectivity index (χ1) is 23.3. The van der Waals surface area contributed by atoms with Crippen LogP contribution in [0.5, 0.6) is 0 Å². The van der Waals surface area contributed by atoms with Gasteiger partial charge in [0.1, 0.15) is 16.7 Å². The van der Waals surface area contributed by atoms with Gasteiger partial charge in [-0.1, -0.05) is 97.1 Å². The number of benzene rings is 7. The Labute approximate surface area is 269 Å². The fraction of sp³-hybridized carbons (Fsp3) is 0. The van der Waals surface area contributed by atoms with E-state index < -0.39 is 0 Å². The van der Waals surface area contributed by atoms with Crippen LogP contribution in [-0.2, 0) is 0 Å². The van der Waals surface area contributed by atoms with E-state index in [4.69, 9.17) is 13.8 Å². The maximum absolute atomic E-state index is 6.40. The van der Waals surface area contributed by atoms with Gasteiger partial charge in [-0.2, -0.15) is 0 Å². The fourth-order valence-corrected chi connectivity index (χ4v) is 6.97. The van der Waals surface area contributed by atoms with E-state index in [0.717, 1.165) is 55.3 Å². The molecule has 0 aliphatic heterocycles. The predicted octanol–water partition coefficient (Wildman–Crippen LogP) is 11.8. The molecule has 0 aliphatic rings. The van der Waals surface area contributed by atoms with Crippen molar-refractivity contribution in [3.05, 3.63) is 158 Å². The molecular formula is C43H26N2O2. The van der Waals surface area contributed by atoms with Crippen LogP contribution in [0.15, 0.2) is 167 Å². The van der Waals surface area contributed by atoms with Gasteiger partial charge >= 0.3 is 0 Å². The monoisotopic (exact) mass is 602 g/mol. The van der Waals surface area contributed by atoms with Crippen molar-refractivity contribution >= 4 is 54.8 Å². The second-order valence-corrected chi connectivity index (χ2v) is 12.0. The van der Waals surface area contributed by atoms with Crippen molar-refractivity contribution in [2.75, 3.05) is 0 Å². The number of rotatable bonds is 4. The SMILES string of the molecule is c1ccc(-c2ccc3c(c2)c2cc(-c4ccccc4)ccc2n3-c2cccc(-c3nc4cc5oc6ccccc6c5cc4o3)c2)cc1. The van der Waals surface area contributed by atoms with Gasteiger partial charge < -0.3 is 13.4 Å². The first-order valence-electron chi connectivity index (χ1n) is 15.8. The number of fused-ring (bicyclic) bond motifs is 7. The molecule has 0 aliphatic carbocycles. The summed E-state index contributed by atoms with van der Waals surface area (Å²) in [6.45, 7) is 0. The molecule has 0 saturated carbocycles. The Bertz CT molecular complexity index is 2690. The lowest BCUT2D eigenvalue weighted by molar-refractivity contribution is 0.620. The highest BCUT2D eigenvalue weighted by Gasteiger charge is 2.17. The molecule has 10 aromatic rings. The molecule has 220 valence electrons. The van der Waals surface area contributed by atoms with Gasteiger partial charge in [-0.05, 0) is 76.9 Å². The highest BCUT2D eigenvalue weighted by molar-refractivity contribution is 6.12. The van der Waals surface area contributed by atoms with Crippen LogP contribution in [0, 0.1) is 0 Å². The molecule has 3 heterocycles. The van der Waals surface area contributed by atoms with Gasteiger partial charge in [0.15, 0.2) is 5.58 Å². The molecule has 4 nitrogen and oxygen atoms in total. The number of furan rings is 1. The largest absolute Gasteiger partial charge is 0.456 e. The first-order valence-corrected chi connectivity index (χ1v) is 15.8. The molecule has 0 fully saturated rings. The maximum Gasteiger partial charge on any atom is 0.227 e. The second-order valence-electron chi connectivity index (χ2n) is 12.0. The Morgan fingerprint density at radius 2 is 1.02 bits per heavy atom. The van der Waals surface area contributed by atoms with Crippen molar-refractivity contribution in [3.63, 3.8) is 0 Å². The molecule has 0 unspecified atom stereocenters. The number of aromatic nitrogens is 2. The van der Waals surface area contributed by atoms with E-state index in [1.165, 1.54) is 33.0 Å². The van der Waals surface area contributed by atoms with E-state index in [2.05, 4.69) is 132 Å². The average Bonchev–Trinajstić information content (AvgIpc) is 3.82. The molecule has 7 aromatic carbocycles. The highest BCUT2D eigenvalue weighted by Crippen LogP contribution is 2.39. The smallest absolute Gasteiger partial charge is 0.227 e. The van der Waals surface area contributed by atoms with Gasteiger partial charge in [-0.3, -0.25) is 0 Å². The normalized spacial score (nSPS) is 11.8. The van der Waals surface area contributed by atoms with Crippen molar-refractivity contribution < 1.29 is 8.83 Å². The Balaban J connectivity index is 1.15. The van der Waals surface area contributed by atoms with Gasteiger partial charge in [0.25, 0.3) is 0 Å². The van der Waals surface area contributed by atoms with Gasteiger partial charge in [0.2, 0.25) is 5.89 Å². The topological polar surface area (TPSA) is 44.1 Å². The quantitative estimate of drug-likeness (QED) is 0.201. The summed E-state index contributed by atoms with van der Waals surface area (Å²) in [6.07, 6.45) is 0. The van der Waals surface area contributed by atoms with Crippen molar-refractivity contribution in [1.29, 1.82) is 0 Å². The van der Waals surface area contributed by atoms with E-state index in [9.17, 15) is 0 Å². The van der Waals surface area contributed by atoms with Crippen molar-refractivity contribution in [1.82, 2.24) is 9.55 Å². The predicted molar refractivity (Wildman–Crippen MR) is 192 cm³/mol. The molecule has 0 spiro atoms. The van der Waals surface area contributed by atoms with Crippen molar-refractivity contribution in [2.24, 2.45) is 0 Å². The average molecular weight is 603 g/mol. The molecule has 10 rings (SSSR count). The summed E-state index contributed by atoms with van der Waals surface area (Å²) in [4.78, 5) is 4.90. The summed E-state index contributed by atoms with van der Waals surface area (Å²) in [5, 5.41) is 4.52. The molecule has 0 amide bonds. The van der Waals surface area contributed by atoms with E-state index in [1.54, 1.807) is 0 Å². The summed E-state index contributed by atoms with van der Waals surface area (Å²) in [5.41, 5.74) is 12.2. The Hall–Kier alpha value is -6.39. The standard InChI is InChI=1S/C43H26N2O2/c1-3-10-27(11-4-1)29-18-20-38-34(23-29)35-24-30(28-12-5-2-6-13-28)19-21-39(35)45(38)32-15-9-14-31(22-32)43-44-37-26-41-36(25-42(37)47-43)33-16-7-8-17-40(33)46-41/h1-26H.